The molecule has 0 radical (unpaired) electrons. The fraction of sp³-hybridized carbons (Fsp3) is 0.583. The molecule has 1 heterocycles. The van der Waals surface area contributed by atoms with Crippen molar-refractivity contribution in [1.29, 1.82) is 5.26 Å². The van der Waals surface area contributed by atoms with Crippen LogP contribution in [0.3, 0.4) is 0 Å². The smallest absolute Gasteiger partial charge is 0.0871 e. The second kappa shape index (κ2) is 5.81. The van der Waals surface area contributed by atoms with E-state index in [2.05, 4.69) is 38.3 Å². The van der Waals surface area contributed by atoms with Gasteiger partial charge in [0.25, 0.3) is 0 Å². The fourth-order valence-corrected chi connectivity index (χ4v) is 3.79. The normalized spacial score (nSPS) is 16.8. The van der Waals surface area contributed by atoms with Crippen LogP contribution in [0.5, 0.6) is 0 Å². The number of thiophene rings is 1. The van der Waals surface area contributed by atoms with Crippen molar-refractivity contribution in [3.8, 4) is 6.07 Å². The van der Waals surface area contributed by atoms with Crippen LogP contribution in [-0.4, -0.2) is 17.5 Å². The van der Waals surface area contributed by atoms with Gasteiger partial charge in [-0.25, -0.2) is 0 Å². The van der Waals surface area contributed by atoms with Crippen LogP contribution in [0.1, 0.15) is 30.6 Å². The average molecular weight is 299 g/mol. The highest BCUT2D eigenvalue weighted by molar-refractivity contribution is 9.10. The summed E-state index contributed by atoms with van der Waals surface area (Å²) in [5.74, 6) is 0. The Kier molecular flexibility index (Phi) is 4.39. The van der Waals surface area contributed by atoms with Gasteiger partial charge < -0.3 is 0 Å². The topological polar surface area (TPSA) is 27.0 Å². The van der Waals surface area contributed by atoms with Gasteiger partial charge >= 0.3 is 0 Å². The van der Waals surface area contributed by atoms with Gasteiger partial charge in [-0.05, 0) is 34.8 Å². The second-order valence-corrected chi connectivity index (χ2v) is 6.14. The molecule has 0 bridgehead atoms. The molecule has 1 saturated carbocycles. The summed E-state index contributed by atoms with van der Waals surface area (Å²) in [6.07, 6.45) is 5.16. The third-order valence-corrected chi connectivity index (χ3v) is 4.78. The molecule has 4 heteroatoms. The van der Waals surface area contributed by atoms with Crippen molar-refractivity contribution in [3.05, 3.63) is 20.8 Å². The minimum Gasteiger partial charge on any atom is -0.282 e. The van der Waals surface area contributed by atoms with E-state index in [4.69, 9.17) is 5.26 Å². The molecule has 16 heavy (non-hydrogen) atoms. The molecule has 0 aliphatic heterocycles. The predicted octanol–water partition coefficient (Wildman–Crippen LogP) is 3.78. The number of hydrogen-bond acceptors (Lipinski definition) is 3. The van der Waals surface area contributed by atoms with Gasteiger partial charge in [0.2, 0.25) is 0 Å². The molecule has 1 fully saturated rings. The first kappa shape index (κ1) is 12.1. The third kappa shape index (κ3) is 3.07. The van der Waals surface area contributed by atoms with Gasteiger partial charge in [0.05, 0.1) is 12.6 Å². The molecule has 2 rings (SSSR count). The molecule has 0 spiro atoms. The Morgan fingerprint density at radius 2 is 2.25 bits per heavy atom. The Morgan fingerprint density at radius 3 is 2.81 bits per heavy atom. The van der Waals surface area contributed by atoms with E-state index in [0.29, 0.717) is 12.6 Å². The van der Waals surface area contributed by atoms with Gasteiger partial charge in [0, 0.05) is 27.3 Å². The van der Waals surface area contributed by atoms with Crippen LogP contribution in [-0.2, 0) is 6.54 Å². The Balaban J connectivity index is 1.99. The van der Waals surface area contributed by atoms with Crippen LogP contribution < -0.4 is 0 Å². The van der Waals surface area contributed by atoms with Crippen LogP contribution in [0.2, 0.25) is 0 Å². The lowest BCUT2D eigenvalue weighted by Crippen LogP contribution is -2.32. The van der Waals surface area contributed by atoms with Crippen molar-refractivity contribution in [2.75, 3.05) is 6.54 Å². The fourth-order valence-electron chi connectivity index (χ4n) is 2.31. The molecule has 1 aromatic rings. The zero-order valence-corrected chi connectivity index (χ0v) is 11.6. The maximum atomic E-state index is 8.88. The first-order valence-electron chi connectivity index (χ1n) is 5.63. The summed E-state index contributed by atoms with van der Waals surface area (Å²) in [6, 6.07) is 5.07. The van der Waals surface area contributed by atoms with Gasteiger partial charge in [-0.3, -0.25) is 4.90 Å². The Hall–Kier alpha value is -0.370. The maximum absolute atomic E-state index is 8.88. The summed E-state index contributed by atoms with van der Waals surface area (Å²) >= 11 is 5.24. The maximum Gasteiger partial charge on any atom is 0.0871 e. The zero-order valence-electron chi connectivity index (χ0n) is 9.16. The monoisotopic (exact) mass is 298 g/mol. The molecule has 0 N–H and O–H groups in total. The van der Waals surface area contributed by atoms with Gasteiger partial charge in [-0.15, -0.1) is 11.3 Å². The third-order valence-electron chi connectivity index (χ3n) is 3.10. The lowest BCUT2D eigenvalue weighted by molar-refractivity contribution is 0.216. The number of halogens is 1. The quantitative estimate of drug-likeness (QED) is 0.791. The first-order valence-corrected chi connectivity index (χ1v) is 7.31. The minimum atomic E-state index is 0.556. The highest BCUT2D eigenvalue weighted by Gasteiger charge is 2.22. The van der Waals surface area contributed by atoms with Crippen LogP contribution in [0.25, 0.3) is 0 Å². The molecular formula is C12H15BrN2S. The summed E-state index contributed by atoms with van der Waals surface area (Å²) in [6.45, 7) is 1.48. The van der Waals surface area contributed by atoms with Crippen molar-refractivity contribution in [3.63, 3.8) is 0 Å². The van der Waals surface area contributed by atoms with Crippen LogP contribution in [0.15, 0.2) is 15.9 Å². The van der Waals surface area contributed by atoms with E-state index in [1.54, 1.807) is 11.3 Å². The van der Waals surface area contributed by atoms with Gasteiger partial charge in [0.15, 0.2) is 0 Å². The van der Waals surface area contributed by atoms with E-state index in [-0.39, 0.29) is 0 Å². The number of nitriles is 1. The minimum absolute atomic E-state index is 0.556. The predicted molar refractivity (Wildman–Crippen MR) is 70.3 cm³/mol. The van der Waals surface area contributed by atoms with Crippen LogP contribution in [0.4, 0.5) is 0 Å². The summed E-state index contributed by atoms with van der Waals surface area (Å²) in [5, 5.41) is 11.0. The lowest BCUT2D eigenvalue weighted by atomic mass is 10.2. The van der Waals surface area contributed by atoms with Crippen LogP contribution in [0, 0.1) is 11.3 Å². The average Bonchev–Trinajstić information content (AvgIpc) is 2.88. The highest BCUT2D eigenvalue weighted by Crippen LogP contribution is 2.27. The summed E-state index contributed by atoms with van der Waals surface area (Å²) in [4.78, 5) is 3.67. The molecule has 86 valence electrons. The lowest BCUT2D eigenvalue weighted by Gasteiger charge is -2.25. The van der Waals surface area contributed by atoms with E-state index in [9.17, 15) is 0 Å². The summed E-state index contributed by atoms with van der Waals surface area (Å²) < 4.78 is 1.15. The molecule has 0 aromatic carbocycles. The Bertz CT molecular complexity index is 377. The molecule has 0 saturated heterocycles. The van der Waals surface area contributed by atoms with Gasteiger partial charge in [0.1, 0.15) is 0 Å². The molecule has 0 unspecified atom stereocenters. The van der Waals surface area contributed by atoms with Crippen molar-refractivity contribution < 1.29 is 0 Å². The Labute approximate surface area is 109 Å². The van der Waals surface area contributed by atoms with E-state index in [1.165, 1.54) is 30.6 Å². The number of rotatable bonds is 4. The SMILES string of the molecule is N#CCN(Cc1cc(Br)cs1)C1CCCC1. The number of hydrogen-bond donors (Lipinski definition) is 0. The molecule has 1 aromatic heterocycles. The standard InChI is InChI=1S/C12H15BrN2S/c13-10-7-12(16-9-10)8-15(6-5-14)11-3-1-2-4-11/h7,9,11H,1-4,6,8H2. The van der Waals surface area contributed by atoms with Crippen molar-refractivity contribution in [2.24, 2.45) is 0 Å². The van der Waals surface area contributed by atoms with Crippen LogP contribution >= 0.6 is 27.3 Å². The molecule has 0 amide bonds. The molecule has 2 nitrogen and oxygen atoms in total. The largest absolute Gasteiger partial charge is 0.282 e. The highest BCUT2D eigenvalue weighted by atomic mass is 79.9. The molecule has 1 aliphatic rings. The molecule has 1 aliphatic carbocycles. The van der Waals surface area contributed by atoms with Gasteiger partial charge in [-0.1, -0.05) is 12.8 Å². The number of nitrogens with zero attached hydrogens (tertiary/aromatic N) is 2. The first-order chi connectivity index (χ1) is 7.79. The van der Waals surface area contributed by atoms with Crippen molar-refractivity contribution in [1.82, 2.24) is 4.90 Å². The Morgan fingerprint density at radius 1 is 1.50 bits per heavy atom. The van der Waals surface area contributed by atoms with E-state index >= 15 is 0 Å². The summed E-state index contributed by atoms with van der Waals surface area (Å²) in [5.41, 5.74) is 0. The zero-order chi connectivity index (χ0) is 11.4. The summed E-state index contributed by atoms with van der Waals surface area (Å²) in [7, 11) is 0. The van der Waals surface area contributed by atoms with Gasteiger partial charge in [-0.2, -0.15) is 5.26 Å². The molecular weight excluding hydrogens is 284 g/mol. The van der Waals surface area contributed by atoms with Crippen molar-refractivity contribution >= 4 is 27.3 Å². The molecule has 0 atom stereocenters. The second-order valence-electron chi connectivity index (χ2n) is 4.23. The van der Waals surface area contributed by atoms with E-state index < -0.39 is 0 Å². The van der Waals surface area contributed by atoms with Crippen molar-refractivity contribution in [2.45, 2.75) is 38.3 Å². The van der Waals surface area contributed by atoms with E-state index in [1.807, 2.05) is 0 Å². The van der Waals surface area contributed by atoms with E-state index in [0.717, 1.165) is 11.0 Å².